The molecule has 0 aliphatic carbocycles. The van der Waals surface area contributed by atoms with Crippen LogP contribution in [0, 0.1) is 0 Å². The molecule has 0 unspecified atom stereocenters. The minimum atomic E-state index is -1.02. The molecule has 44 heavy (non-hydrogen) atoms. The van der Waals surface area contributed by atoms with E-state index in [2.05, 4.69) is 31.2 Å². The Hall–Kier alpha value is -4.84. The van der Waals surface area contributed by atoms with Crippen molar-refractivity contribution < 1.29 is 19.4 Å². The van der Waals surface area contributed by atoms with Gasteiger partial charge in [-0.1, -0.05) is 86.5 Å². The molecule has 4 aromatic rings. The standard InChI is InChI=1S/C38H42N2O4/c1-2-3-5-8-27-10-15-29(16-11-27)30-17-19-31(20-18-30)37(41)23-14-28-12-21-33(22-13-28)44-24-7-4-6-9-34-35(38(42)43)25-32(39)26-36(34)40/h10-23,25-26H,2-9,24,39-40H2,1H3,(H,42,43)/b23-14+. The van der Waals surface area contributed by atoms with E-state index in [0.29, 0.717) is 35.5 Å². The summed E-state index contributed by atoms with van der Waals surface area (Å²) in [7, 11) is 0. The summed E-state index contributed by atoms with van der Waals surface area (Å²) < 4.78 is 5.86. The molecule has 0 bridgehead atoms. The molecule has 0 spiro atoms. The molecular weight excluding hydrogens is 548 g/mol. The van der Waals surface area contributed by atoms with Gasteiger partial charge in [-0.05, 0) is 96.7 Å². The molecule has 4 rings (SSSR count). The number of nitrogen functional groups attached to an aromatic ring is 2. The van der Waals surface area contributed by atoms with Crippen molar-refractivity contribution in [2.45, 2.75) is 58.3 Å². The average molecular weight is 591 g/mol. The summed E-state index contributed by atoms with van der Waals surface area (Å²) in [6, 6.07) is 27.2. The number of unbranched alkanes of at least 4 members (excludes halogenated alkanes) is 4. The number of hydrogen-bond acceptors (Lipinski definition) is 5. The van der Waals surface area contributed by atoms with Crippen molar-refractivity contribution in [3.8, 4) is 16.9 Å². The second-order valence-electron chi connectivity index (χ2n) is 11.1. The van der Waals surface area contributed by atoms with Gasteiger partial charge in [-0.2, -0.15) is 0 Å². The fourth-order valence-corrected chi connectivity index (χ4v) is 5.17. The number of allylic oxidation sites excluding steroid dienone is 1. The predicted octanol–water partition coefficient (Wildman–Crippen LogP) is 8.64. The van der Waals surface area contributed by atoms with E-state index in [9.17, 15) is 14.7 Å². The monoisotopic (exact) mass is 590 g/mol. The first-order valence-electron chi connectivity index (χ1n) is 15.4. The van der Waals surface area contributed by atoms with Crippen LogP contribution in [0.1, 0.15) is 82.9 Å². The molecule has 0 aromatic heterocycles. The van der Waals surface area contributed by atoms with E-state index >= 15 is 0 Å². The highest BCUT2D eigenvalue weighted by molar-refractivity contribution is 6.07. The number of anilines is 2. The fraction of sp³-hybridized carbons (Fsp3) is 0.263. The van der Waals surface area contributed by atoms with Gasteiger partial charge >= 0.3 is 5.97 Å². The first kappa shape index (κ1) is 32.1. The van der Waals surface area contributed by atoms with Crippen LogP contribution in [0.3, 0.4) is 0 Å². The van der Waals surface area contributed by atoms with Gasteiger partial charge in [0.1, 0.15) is 5.75 Å². The van der Waals surface area contributed by atoms with Gasteiger partial charge < -0.3 is 21.3 Å². The maximum absolute atomic E-state index is 12.8. The second-order valence-corrected chi connectivity index (χ2v) is 11.1. The van der Waals surface area contributed by atoms with Crippen LogP contribution in [-0.2, 0) is 12.8 Å². The molecule has 0 saturated heterocycles. The molecule has 0 heterocycles. The van der Waals surface area contributed by atoms with E-state index in [1.807, 2.05) is 54.6 Å². The number of ketones is 1. The zero-order chi connectivity index (χ0) is 31.3. The Morgan fingerprint density at radius 3 is 2.09 bits per heavy atom. The Morgan fingerprint density at radius 2 is 1.43 bits per heavy atom. The van der Waals surface area contributed by atoms with Crippen LogP contribution in [0.25, 0.3) is 17.2 Å². The van der Waals surface area contributed by atoms with E-state index in [1.165, 1.54) is 30.9 Å². The Bertz CT molecular complexity index is 1560. The number of rotatable bonds is 16. The molecule has 4 aromatic carbocycles. The first-order chi connectivity index (χ1) is 21.3. The Labute approximate surface area is 260 Å². The highest BCUT2D eigenvalue weighted by Crippen LogP contribution is 2.25. The van der Waals surface area contributed by atoms with E-state index < -0.39 is 5.97 Å². The van der Waals surface area contributed by atoms with E-state index in [1.54, 1.807) is 12.1 Å². The van der Waals surface area contributed by atoms with Gasteiger partial charge in [0.15, 0.2) is 5.78 Å². The third-order valence-electron chi connectivity index (χ3n) is 7.71. The van der Waals surface area contributed by atoms with Crippen molar-refractivity contribution in [3.05, 3.63) is 119 Å². The van der Waals surface area contributed by atoms with Crippen molar-refractivity contribution in [2.24, 2.45) is 0 Å². The molecule has 6 heteroatoms. The van der Waals surface area contributed by atoms with Gasteiger partial charge in [0.2, 0.25) is 0 Å². The number of carboxylic acids is 1. The molecule has 0 saturated carbocycles. The zero-order valence-electron chi connectivity index (χ0n) is 25.4. The van der Waals surface area contributed by atoms with Crippen LogP contribution < -0.4 is 16.2 Å². The molecule has 0 aliphatic heterocycles. The summed E-state index contributed by atoms with van der Waals surface area (Å²) in [4.78, 5) is 24.3. The van der Waals surface area contributed by atoms with Crippen molar-refractivity contribution in [1.82, 2.24) is 0 Å². The molecule has 0 amide bonds. The minimum Gasteiger partial charge on any atom is -0.494 e. The largest absolute Gasteiger partial charge is 0.494 e. The number of aromatic carboxylic acids is 1. The lowest BCUT2D eigenvalue weighted by molar-refractivity contribution is 0.0695. The van der Waals surface area contributed by atoms with Gasteiger partial charge in [0.05, 0.1) is 12.2 Å². The SMILES string of the molecule is CCCCCc1ccc(-c2ccc(C(=O)/C=C/c3ccc(OCCCCCc4c(N)cc(N)cc4C(=O)O)cc3)cc2)cc1. The number of aryl methyl sites for hydroxylation is 1. The van der Waals surface area contributed by atoms with Gasteiger partial charge in [0, 0.05) is 16.9 Å². The van der Waals surface area contributed by atoms with Gasteiger partial charge in [-0.3, -0.25) is 4.79 Å². The number of carboxylic acid groups (broad SMARTS) is 1. The average Bonchev–Trinajstić information content (AvgIpc) is 3.03. The topological polar surface area (TPSA) is 116 Å². The number of hydrogen-bond donors (Lipinski definition) is 3. The highest BCUT2D eigenvalue weighted by Gasteiger charge is 2.14. The van der Waals surface area contributed by atoms with Crippen molar-refractivity contribution >= 4 is 29.2 Å². The zero-order valence-corrected chi connectivity index (χ0v) is 25.4. The Kier molecular flexibility index (Phi) is 11.8. The van der Waals surface area contributed by atoms with Crippen LogP contribution in [0.2, 0.25) is 0 Å². The van der Waals surface area contributed by atoms with Crippen molar-refractivity contribution in [2.75, 3.05) is 18.1 Å². The van der Waals surface area contributed by atoms with Crippen molar-refractivity contribution in [3.63, 3.8) is 0 Å². The molecular formula is C38H42N2O4. The van der Waals surface area contributed by atoms with Gasteiger partial charge in [-0.25, -0.2) is 4.79 Å². The molecule has 6 nitrogen and oxygen atoms in total. The first-order valence-corrected chi connectivity index (χ1v) is 15.4. The Balaban J connectivity index is 1.20. The van der Waals surface area contributed by atoms with Crippen LogP contribution >= 0.6 is 0 Å². The lowest BCUT2D eigenvalue weighted by Crippen LogP contribution is -2.08. The number of carbonyl (C=O) groups is 2. The van der Waals surface area contributed by atoms with Gasteiger partial charge in [0.25, 0.3) is 0 Å². The quantitative estimate of drug-likeness (QED) is 0.0521. The predicted molar refractivity (Wildman–Crippen MR) is 180 cm³/mol. The van der Waals surface area contributed by atoms with E-state index in [0.717, 1.165) is 48.1 Å². The summed E-state index contributed by atoms with van der Waals surface area (Å²) >= 11 is 0. The normalized spacial score (nSPS) is 11.1. The summed E-state index contributed by atoms with van der Waals surface area (Å²) in [6.07, 6.45) is 11.3. The molecule has 5 N–H and O–H groups in total. The van der Waals surface area contributed by atoms with Crippen molar-refractivity contribution in [1.29, 1.82) is 0 Å². The number of ether oxygens (including phenoxy) is 1. The molecule has 0 aliphatic rings. The third-order valence-corrected chi connectivity index (χ3v) is 7.71. The maximum Gasteiger partial charge on any atom is 0.336 e. The Morgan fingerprint density at radius 1 is 0.773 bits per heavy atom. The van der Waals surface area contributed by atoms with E-state index in [4.69, 9.17) is 16.2 Å². The van der Waals surface area contributed by atoms with Gasteiger partial charge in [-0.15, -0.1) is 0 Å². The highest BCUT2D eigenvalue weighted by atomic mass is 16.5. The lowest BCUT2D eigenvalue weighted by Gasteiger charge is -2.11. The van der Waals surface area contributed by atoms with Crippen LogP contribution in [-0.4, -0.2) is 23.5 Å². The molecule has 228 valence electrons. The second kappa shape index (κ2) is 16.1. The summed E-state index contributed by atoms with van der Waals surface area (Å²) in [6.45, 7) is 2.77. The lowest BCUT2D eigenvalue weighted by atomic mass is 9.98. The summed E-state index contributed by atoms with van der Waals surface area (Å²) in [5.41, 5.74) is 18.5. The number of nitrogens with two attached hydrogens (primary N) is 2. The molecule has 0 atom stereocenters. The maximum atomic E-state index is 12.8. The minimum absolute atomic E-state index is 0.0423. The summed E-state index contributed by atoms with van der Waals surface area (Å²) in [5, 5.41) is 9.44. The molecule has 0 fully saturated rings. The molecule has 0 radical (unpaired) electrons. The van der Waals surface area contributed by atoms with E-state index in [-0.39, 0.29) is 11.3 Å². The van der Waals surface area contributed by atoms with Crippen LogP contribution in [0.4, 0.5) is 11.4 Å². The third kappa shape index (κ3) is 9.33. The van der Waals surface area contributed by atoms with Crippen LogP contribution in [0.15, 0.2) is 91.0 Å². The fourth-order valence-electron chi connectivity index (χ4n) is 5.17. The summed E-state index contributed by atoms with van der Waals surface area (Å²) in [5.74, 6) is -0.304. The number of benzene rings is 4. The smallest absolute Gasteiger partial charge is 0.336 e. The van der Waals surface area contributed by atoms with Crippen LogP contribution in [0.5, 0.6) is 5.75 Å². The number of carbonyl (C=O) groups excluding carboxylic acids is 1.